The van der Waals surface area contributed by atoms with Gasteiger partial charge in [0.2, 0.25) is 0 Å². The standard InChI is InChI=1S/C20H24N2O6/c1-12-9-10-15(21(11-12)19(26)27-20(2,3)4)18(25)28-22-16(23)13-7-5-6-8-14(13)17(22)24/h5-8,12,15H,9-11H2,1-4H3. The summed E-state index contributed by atoms with van der Waals surface area (Å²) in [5, 5.41) is 0.471. The Hall–Kier alpha value is -2.90. The van der Waals surface area contributed by atoms with Crippen LogP contribution in [-0.2, 0) is 14.4 Å². The maximum Gasteiger partial charge on any atom is 0.411 e. The van der Waals surface area contributed by atoms with Gasteiger partial charge in [0.25, 0.3) is 11.8 Å². The number of fused-ring (bicyclic) bond motifs is 1. The summed E-state index contributed by atoms with van der Waals surface area (Å²) in [6.45, 7) is 7.53. The number of rotatable bonds is 2. The van der Waals surface area contributed by atoms with Gasteiger partial charge in [0.1, 0.15) is 11.6 Å². The number of hydrogen-bond donors (Lipinski definition) is 0. The Morgan fingerprint density at radius 3 is 2.14 bits per heavy atom. The van der Waals surface area contributed by atoms with Crippen molar-refractivity contribution in [2.45, 2.75) is 52.2 Å². The number of hydroxylamine groups is 2. The molecular weight excluding hydrogens is 364 g/mol. The summed E-state index contributed by atoms with van der Waals surface area (Å²) in [5.74, 6) is -2.02. The molecular formula is C20H24N2O6. The number of piperidine rings is 1. The number of carbonyl (C=O) groups excluding carboxylic acids is 4. The zero-order valence-corrected chi connectivity index (χ0v) is 16.4. The average Bonchev–Trinajstić information content (AvgIpc) is 2.85. The second kappa shape index (κ2) is 7.26. The maximum absolute atomic E-state index is 12.8. The molecule has 0 bridgehead atoms. The quantitative estimate of drug-likeness (QED) is 0.723. The number of carbonyl (C=O) groups is 4. The fourth-order valence-electron chi connectivity index (χ4n) is 3.32. The first kappa shape index (κ1) is 19.9. The Morgan fingerprint density at radius 2 is 1.61 bits per heavy atom. The first-order valence-electron chi connectivity index (χ1n) is 9.27. The number of likely N-dealkylation sites (tertiary alicyclic amines) is 1. The first-order chi connectivity index (χ1) is 13.1. The Morgan fingerprint density at radius 1 is 1.04 bits per heavy atom. The molecule has 0 saturated carbocycles. The average molecular weight is 388 g/mol. The molecule has 2 aliphatic rings. The minimum atomic E-state index is -0.921. The molecule has 8 nitrogen and oxygen atoms in total. The highest BCUT2D eigenvalue weighted by Gasteiger charge is 2.43. The maximum atomic E-state index is 12.8. The molecule has 150 valence electrons. The Bertz CT molecular complexity index is 793. The van der Waals surface area contributed by atoms with E-state index in [1.54, 1.807) is 32.9 Å². The van der Waals surface area contributed by atoms with Gasteiger partial charge >= 0.3 is 12.1 Å². The molecule has 2 unspecified atom stereocenters. The van der Waals surface area contributed by atoms with Crippen LogP contribution in [0.15, 0.2) is 24.3 Å². The lowest BCUT2D eigenvalue weighted by atomic mass is 9.94. The summed E-state index contributed by atoms with van der Waals surface area (Å²) in [6, 6.07) is 5.33. The van der Waals surface area contributed by atoms with E-state index < -0.39 is 35.5 Å². The number of imide groups is 1. The molecule has 0 aromatic heterocycles. The van der Waals surface area contributed by atoms with Gasteiger partial charge in [0.15, 0.2) is 0 Å². The monoisotopic (exact) mass is 388 g/mol. The van der Waals surface area contributed by atoms with E-state index in [1.807, 2.05) is 6.92 Å². The third-order valence-corrected chi connectivity index (χ3v) is 4.66. The summed E-state index contributed by atoms with van der Waals surface area (Å²) >= 11 is 0. The molecule has 2 atom stereocenters. The zero-order valence-electron chi connectivity index (χ0n) is 16.4. The molecule has 0 spiro atoms. The number of benzene rings is 1. The van der Waals surface area contributed by atoms with Gasteiger partial charge in [-0.3, -0.25) is 14.5 Å². The molecule has 0 aliphatic carbocycles. The van der Waals surface area contributed by atoms with Crippen molar-refractivity contribution in [3.05, 3.63) is 35.4 Å². The predicted octanol–water partition coefficient (Wildman–Crippen LogP) is 2.78. The van der Waals surface area contributed by atoms with Crippen molar-refractivity contribution in [2.24, 2.45) is 5.92 Å². The lowest BCUT2D eigenvalue weighted by molar-refractivity contribution is -0.176. The number of nitrogens with zero attached hydrogens (tertiary/aromatic N) is 2. The second-order valence-electron chi connectivity index (χ2n) is 8.19. The molecule has 1 saturated heterocycles. The second-order valence-corrected chi connectivity index (χ2v) is 8.19. The van der Waals surface area contributed by atoms with Crippen LogP contribution in [0.5, 0.6) is 0 Å². The normalized spacial score (nSPS) is 22.1. The molecule has 8 heteroatoms. The van der Waals surface area contributed by atoms with Crippen molar-refractivity contribution in [3.63, 3.8) is 0 Å². The van der Waals surface area contributed by atoms with Crippen LogP contribution in [0, 0.1) is 5.92 Å². The van der Waals surface area contributed by atoms with Gasteiger partial charge in [0, 0.05) is 6.54 Å². The summed E-state index contributed by atoms with van der Waals surface area (Å²) < 4.78 is 5.40. The lowest BCUT2D eigenvalue weighted by Crippen LogP contribution is -2.53. The molecule has 2 heterocycles. The molecule has 1 aromatic rings. The largest absolute Gasteiger partial charge is 0.444 e. The van der Waals surface area contributed by atoms with E-state index in [2.05, 4.69) is 0 Å². The first-order valence-corrected chi connectivity index (χ1v) is 9.27. The number of hydrogen-bond acceptors (Lipinski definition) is 6. The van der Waals surface area contributed by atoms with E-state index in [1.165, 1.54) is 17.0 Å². The molecule has 28 heavy (non-hydrogen) atoms. The Balaban J connectivity index is 1.76. The minimum Gasteiger partial charge on any atom is -0.444 e. The van der Waals surface area contributed by atoms with Gasteiger partial charge in [-0.05, 0) is 51.7 Å². The summed E-state index contributed by atoms with van der Waals surface area (Å²) in [5.41, 5.74) is -0.350. The van der Waals surface area contributed by atoms with Crippen molar-refractivity contribution in [1.82, 2.24) is 9.96 Å². The highest BCUT2D eigenvalue weighted by atomic mass is 16.7. The number of amides is 3. The summed E-state index contributed by atoms with van der Waals surface area (Å²) in [7, 11) is 0. The third-order valence-electron chi connectivity index (χ3n) is 4.66. The van der Waals surface area contributed by atoms with Gasteiger partial charge in [0.05, 0.1) is 11.1 Å². The van der Waals surface area contributed by atoms with Crippen LogP contribution in [0.1, 0.15) is 61.3 Å². The van der Waals surface area contributed by atoms with Crippen LogP contribution in [0.3, 0.4) is 0 Å². The van der Waals surface area contributed by atoms with E-state index in [-0.39, 0.29) is 17.0 Å². The SMILES string of the molecule is CC1CCC(C(=O)ON2C(=O)c3ccccc3C2=O)N(C(=O)OC(C)(C)C)C1. The van der Waals surface area contributed by atoms with Crippen molar-refractivity contribution < 1.29 is 28.8 Å². The lowest BCUT2D eigenvalue weighted by Gasteiger charge is -2.37. The van der Waals surface area contributed by atoms with E-state index in [0.29, 0.717) is 24.4 Å². The summed E-state index contributed by atoms with van der Waals surface area (Å²) in [4.78, 5) is 56.6. The van der Waals surface area contributed by atoms with Crippen molar-refractivity contribution in [3.8, 4) is 0 Å². The van der Waals surface area contributed by atoms with Crippen molar-refractivity contribution >= 4 is 23.9 Å². The topological polar surface area (TPSA) is 93.2 Å². The highest BCUT2D eigenvalue weighted by molar-refractivity contribution is 6.20. The third kappa shape index (κ3) is 3.85. The molecule has 3 amide bonds. The van der Waals surface area contributed by atoms with Gasteiger partial charge < -0.3 is 9.57 Å². The van der Waals surface area contributed by atoms with Crippen molar-refractivity contribution in [2.75, 3.05) is 6.54 Å². The zero-order chi connectivity index (χ0) is 20.6. The van der Waals surface area contributed by atoms with Crippen molar-refractivity contribution in [1.29, 1.82) is 0 Å². The highest BCUT2D eigenvalue weighted by Crippen LogP contribution is 2.27. The fraction of sp³-hybridized carbons (Fsp3) is 0.500. The fourth-order valence-corrected chi connectivity index (χ4v) is 3.32. The molecule has 0 radical (unpaired) electrons. The smallest absolute Gasteiger partial charge is 0.411 e. The molecule has 3 rings (SSSR count). The van der Waals surface area contributed by atoms with E-state index in [0.717, 1.165) is 0 Å². The van der Waals surface area contributed by atoms with Gasteiger partial charge in [-0.25, -0.2) is 9.59 Å². The van der Waals surface area contributed by atoms with Crippen LogP contribution in [0.4, 0.5) is 4.79 Å². The van der Waals surface area contributed by atoms with Crippen LogP contribution >= 0.6 is 0 Å². The molecule has 2 aliphatic heterocycles. The Labute approximate surface area is 163 Å². The number of ether oxygens (including phenoxy) is 1. The Kier molecular flexibility index (Phi) is 5.14. The molecule has 1 aromatic carbocycles. The van der Waals surface area contributed by atoms with E-state index >= 15 is 0 Å². The minimum absolute atomic E-state index is 0.182. The molecule has 0 N–H and O–H groups in total. The molecule has 1 fully saturated rings. The van der Waals surface area contributed by atoms with Gasteiger partial charge in [-0.2, -0.15) is 0 Å². The van der Waals surface area contributed by atoms with E-state index in [9.17, 15) is 19.2 Å². The van der Waals surface area contributed by atoms with Gasteiger partial charge in [-0.1, -0.05) is 24.1 Å². The van der Waals surface area contributed by atoms with Crippen LogP contribution < -0.4 is 0 Å². The van der Waals surface area contributed by atoms with Crippen LogP contribution in [0.2, 0.25) is 0 Å². The van der Waals surface area contributed by atoms with Gasteiger partial charge in [-0.15, -0.1) is 0 Å². The van der Waals surface area contributed by atoms with Crippen LogP contribution in [-0.4, -0.2) is 52.0 Å². The predicted molar refractivity (Wildman–Crippen MR) is 98.2 cm³/mol. The van der Waals surface area contributed by atoms with E-state index in [4.69, 9.17) is 9.57 Å². The van der Waals surface area contributed by atoms with Crippen LogP contribution in [0.25, 0.3) is 0 Å². The summed E-state index contributed by atoms with van der Waals surface area (Å²) in [6.07, 6.45) is 0.451.